The van der Waals surface area contributed by atoms with Gasteiger partial charge in [-0.05, 0) is 43.0 Å². The van der Waals surface area contributed by atoms with Crippen LogP contribution in [0.4, 0.5) is 5.82 Å². The second kappa shape index (κ2) is 7.03. The fourth-order valence-corrected chi connectivity index (χ4v) is 3.85. The van der Waals surface area contributed by atoms with Crippen molar-refractivity contribution in [2.24, 2.45) is 11.8 Å². The number of aliphatic hydroxyl groups is 1. The van der Waals surface area contributed by atoms with Gasteiger partial charge in [0.15, 0.2) is 5.65 Å². The van der Waals surface area contributed by atoms with E-state index in [2.05, 4.69) is 33.9 Å². The first-order valence-corrected chi connectivity index (χ1v) is 9.31. The first-order chi connectivity index (χ1) is 12.6. The van der Waals surface area contributed by atoms with Crippen LogP contribution in [0.1, 0.15) is 32.4 Å². The zero-order chi connectivity index (χ0) is 18.1. The largest absolute Gasteiger partial charge is 0.393 e. The third-order valence-electron chi connectivity index (χ3n) is 5.11. The predicted molar refractivity (Wildman–Crippen MR) is 111 cm³/mol. The maximum absolute atomic E-state index is 10.3. The quantitative estimate of drug-likeness (QED) is 0.728. The summed E-state index contributed by atoms with van der Waals surface area (Å²) in [5, 5.41) is 18.7. The third kappa shape index (κ3) is 3.29. The van der Waals surface area contributed by atoms with Gasteiger partial charge in [0, 0.05) is 36.3 Å². The minimum atomic E-state index is -0.209. The van der Waals surface area contributed by atoms with Gasteiger partial charge in [-0.25, -0.2) is 9.97 Å². The van der Waals surface area contributed by atoms with Crippen LogP contribution in [0, 0.1) is 11.8 Å². The molecule has 3 aromatic heterocycles. The van der Waals surface area contributed by atoms with Gasteiger partial charge in [-0.1, -0.05) is 19.9 Å². The molecule has 3 aromatic rings. The third-order valence-corrected chi connectivity index (χ3v) is 5.11. The molecule has 2 atom stereocenters. The smallest absolute Gasteiger partial charge is 0.181 e. The average Bonchev–Trinajstić information content (AvgIpc) is 3.07. The fourth-order valence-electron chi connectivity index (χ4n) is 3.85. The van der Waals surface area contributed by atoms with Crippen LogP contribution < -0.4 is 4.90 Å². The van der Waals surface area contributed by atoms with Gasteiger partial charge in [-0.2, -0.15) is 5.10 Å². The zero-order valence-electron chi connectivity index (χ0n) is 15.3. The molecular weight excluding hydrogens is 326 g/mol. The summed E-state index contributed by atoms with van der Waals surface area (Å²) in [6, 6.07) is 9.99. The number of nitrogens with zero attached hydrogens (tertiary/aromatic N) is 4. The summed E-state index contributed by atoms with van der Waals surface area (Å²) in [4.78, 5) is 11.4. The van der Waals surface area contributed by atoms with Gasteiger partial charge in [-0.3, -0.25) is 5.10 Å². The molecule has 0 radical (unpaired) electrons. The summed E-state index contributed by atoms with van der Waals surface area (Å²) < 4.78 is 0. The summed E-state index contributed by atoms with van der Waals surface area (Å²) in [6.07, 6.45) is 3.36. The van der Waals surface area contributed by atoms with Crippen molar-refractivity contribution in [1.82, 2.24) is 20.2 Å². The Bertz CT molecular complexity index is 908. The average molecular weight is 360 g/mol. The fraction of sp³-hybridized carbons (Fsp3) is 0.450. The molecular formula is C20H33N5O. The molecule has 0 bridgehead atoms. The molecule has 144 valence electrons. The number of hydrogen-bond donors (Lipinski definition) is 2. The topological polar surface area (TPSA) is 77.9 Å². The summed E-state index contributed by atoms with van der Waals surface area (Å²) in [5.41, 5.74) is 2.46. The first-order valence-electron chi connectivity index (χ1n) is 9.31. The molecule has 4 heterocycles. The maximum Gasteiger partial charge on any atom is 0.181 e. The van der Waals surface area contributed by atoms with Crippen LogP contribution in [0.2, 0.25) is 0 Å². The molecule has 1 aliphatic rings. The van der Waals surface area contributed by atoms with Gasteiger partial charge >= 0.3 is 0 Å². The van der Waals surface area contributed by atoms with E-state index >= 15 is 0 Å². The van der Waals surface area contributed by atoms with Crippen molar-refractivity contribution in [1.29, 1.82) is 0 Å². The predicted octanol–water partition coefficient (Wildman–Crippen LogP) is 4.24. The highest BCUT2D eigenvalue weighted by Gasteiger charge is 2.29. The van der Waals surface area contributed by atoms with Gasteiger partial charge in [-0.15, -0.1) is 0 Å². The number of fused-ring (bicyclic) bond motifs is 1. The Morgan fingerprint density at radius 1 is 1.31 bits per heavy atom. The molecule has 4 rings (SSSR count). The molecule has 0 unspecified atom stereocenters. The van der Waals surface area contributed by atoms with Crippen LogP contribution >= 0.6 is 0 Å². The lowest BCUT2D eigenvalue weighted by atomic mass is 9.87. The standard InChI is InChI=1S/C20H25N5O.4H2/c1-13(2)11-14-12-25(10-8-17(14)26)18-7-3-6-16(22-18)19-15-5-4-9-21-20(15)24-23-19;;;;/h3-7,9,13-14,17,26H,8,10-12H2,1-2H3,(H,21,23,24);4*1H/t14-,17-;;;;/m0..../s1. The lowest BCUT2D eigenvalue weighted by Gasteiger charge is -2.37. The van der Waals surface area contributed by atoms with Crippen molar-refractivity contribution < 1.29 is 10.8 Å². The van der Waals surface area contributed by atoms with E-state index in [0.29, 0.717) is 17.5 Å². The van der Waals surface area contributed by atoms with Gasteiger partial charge in [0.25, 0.3) is 0 Å². The highest BCUT2D eigenvalue weighted by molar-refractivity contribution is 5.89. The lowest BCUT2D eigenvalue weighted by Crippen LogP contribution is -2.44. The van der Waals surface area contributed by atoms with Gasteiger partial charge in [0.2, 0.25) is 0 Å². The second-order valence-corrected chi connectivity index (χ2v) is 7.55. The Kier molecular flexibility index (Phi) is 4.59. The van der Waals surface area contributed by atoms with E-state index in [1.807, 2.05) is 30.3 Å². The summed E-state index contributed by atoms with van der Waals surface area (Å²) >= 11 is 0. The van der Waals surface area contributed by atoms with E-state index < -0.39 is 0 Å². The van der Waals surface area contributed by atoms with Crippen molar-refractivity contribution in [3.05, 3.63) is 36.5 Å². The molecule has 1 aliphatic heterocycles. The van der Waals surface area contributed by atoms with E-state index in [1.165, 1.54) is 0 Å². The maximum atomic E-state index is 10.3. The van der Waals surface area contributed by atoms with Gasteiger partial charge in [0.1, 0.15) is 5.82 Å². The van der Waals surface area contributed by atoms with Crippen LogP contribution in [0.3, 0.4) is 0 Å². The molecule has 0 saturated carbocycles. The SMILES string of the molecule is CC(C)C[C@H]1CN(c2cccc(-c3[nH]nc4ncccc34)n2)CC[C@@H]1O.[HH].[HH].[HH].[HH]. The molecule has 0 spiro atoms. The molecule has 0 amide bonds. The first kappa shape index (κ1) is 17.0. The molecule has 26 heavy (non-hydrogen) atoms. The van der Waals surface area contributed by atoms with Gasteiger partial charge < -0.3 is 10.0 Å². The van der Waals surface area contributed by atoms with E-state index in [0.717, 1.165) is 48.5 Å². The Hall–Kier alpha value is -2.47. The lowest BCUT2D eigenvalue weighted by molar-refractivity contribution is 0.0764. The Morgan fingerprint density at radius 2 is 2.19 bits per heavy atom. The number of anilines is 1. The summed E-state index contributed by atoms with van der Waals surface area (Å²) in [5.74, 6) is 1.83. The van der Waals surface area contributed by atoms with E-state index in [1.54, 1.807) is 6.20 Å². The van der Waals surface area contributed by atoms with E-state index in [4.69, 9.17) is 4.98 Å². The molecule has 0 aromatic carbocycles. The molecule has 1 fully saturated rings. The van der Waals surface area contributed by atoms with Crippen LogP contribution in [-0.2, 0) is 0 Å². The summed E-state index contributed by atoms with van der Waals surface area (Å²) in [6.45, 7) is 6.10. The van der Waals surface area contributed by atoms with Crippen molar-refractivity contribution in [3.63, 3.8) is 0 Å². The molecule has 0 aliphatic carbocycles. The number of H-pyrrole nitrogens is 1. The van der Waals surface area contributed by atoms with Crippen molar-refractivity contribution in [2.45, 2.75) is 32.8 Å². The van der Waals surface area contributed by atoms with Crippen LogP contribution in [-0.4, -0.2) is 44.5 Å². The number of aromatic nitrogens is 4. The zero-order valence-corrected chi connectivity index (χ0v) is 15.3. The number of aromatic amines is 1. The second-order valence-electron chi connectivity index (χ2n) is 7.55. The van der Waals surface area contributed by atoms with E-state index in [9.17, 15) is 5.11 Å². The number of aliphatic hydroxyl groups excluding tert-OH is 1. The Balaban J connectivity index is 0.00000210. The minimum Gasteiger partial charge on any atom is -0.393 e. The van der Waals surface area contributed by atoms with Crippen LogP contribution in [0.25, 0.3) is 22.4 Å². The highest BCUT2D eigenvalue weighted by atomic mass is 16.3. The number of piperidine rings is 1. The number of rotatable bonds is 4. The molecule has 1 saturated heterocycles. The Morgan fingerprint density at radius 3 is 3.04 bits per heavy atom. The number of hydrogen-bond acceptors (Lipinski definition) is 5. The van der Waals surface area contributed by atoms with Crippen molar-refractivity contribution in [2.75, 3.05) is 18.0 Å². The van der Waals surface area contributed by atoms with Crippen molar-refractivity contribution in [3.8, 4) is 11.4 Å². The Labute approximate surface area is 159 Å². The molecule has 6 nitrogen and oxygen atoms in total. The van der Waals surface area contributed by atoms with Crippen molar-refractivity contribution >= 4 is 16.9 Å². The normalized spacial score (nSPS) is 20.8. The summed E-state index contributed by atoms with van der Waals surface area (Å²) in [7, 11) is 0. The van der Waals surface area contributed by atoms with E-state index in [-0.39, 0.29) is 11.8 Å². The van der Waals surface area contributed by atoms with Gasteiger partial charge in [0.05, 0.1) is 17.5 Å². The number of pyridine rings is 2. The molecule has 6 heteroatoms. The monoisotopic (exact) mass is 359 g/mol. The molecule has 2 N–H and O–H groups in total. The highest BCUT2D eigenvalue weighted by Crippen LogP contribution is 2.29. The minimum absolute atomic E-state index is 0. The van der Waals surface area contributed by atoms with Crippen LogP contribution in [0.15, 0.2) is 36.5 Å². The number of nitrogens with one attached hydrogen (secondary N) is 1. The van der Waals surface area contributed by atoms with Crippen LogP contribution in [0.5, 0.6) is 0 Å².